The van der Waals surface area contributed by atoms with Crippen LogP contribution >= 0.6 is 0 Å². The molecular formula is C17H18F3N3O3. The van der Waals surface area contributed by atoms with E-state index in [1.165, 1.54) is 12.3 Å². The molecule has 0 aliphatic carbocycles. The number of aromatic nitrogens is 1. The molecule has 0 spiro atoms. The number of anilines is 1. The average molecular weight is 369 g/mol. The minimum atomic E-state index is -4.47. The molecule has 1 aromatic heterocycles. The highest BCUT2D eigenvalue weighted by Crippen LogP contribution is 2.20. The van der Waals surface area contributed by atoms with Gasteiger partial charge < -0.3 is 20.1 Å². The van der Waals surface area contributed by atoms with Gasteiger partial charge in [-0.3, -0.25) is 0 Å². The Bertz CT molecular complexity index is 721. The third-order valence-corrected chi connectivity index (χ3v) is 3.09. The number of alkyl halides is 3. The Morgan fingerprint density at radius 1 is 1.15 bits per heavy atom. The lowest BCUT2D eigenvalue weighted by Crippen LogP contribution is -2.28. The number of rotatable bonds is 7. The zero-order chi connectivity index (χ0) is 19.0. The molecule has 0 radical (unpaired) electrons. The molecule has 2 rings (SSSR count). The number of halogens is 3. The van der Waals surface area contributed by atoms with E-state index in [1.807, 2.05) is 6.92 Å². The number of pyridine rings is 1. The second kappa shape index (κ2) is 8.93. The molecule has 0 saturated heterocycles. The fourth-order valence-corrected chi connectivity index (χ4v) is 1.99. The molecular weight excluding hydrogens is 351 g/mol. The van der Waals surface area contributed by atoms with Gasteiger partial charge in [0, 0.05) is 24.0 Å². The number of amides is 2. The predicted octanol–water partition coefficient (Wildman–Crippen LogP) is 3.74. The lowest BCUT2D eigenvalue weighted by molar-refractivity contribution is -0.154. The van der Waals surface area contributed by atoms with E-state index in [9.17, 15) is 18.0 Å². The average Bonchev–Trinajstić information content (AvgIpc) is 2.60. The molecule has 6 nitrogen and oxygen atoms in total. The summed E-state index contributed by atoms with van der Waals surface area (Å²) in [6.45, 7) is 0.918. The van der Waals surface area contributed by atoms with Gasteiger partial charge in [-0.15, -0.1) is 0 Å². The third kappa shape index (κ3) is 6.50. The number of nitrogens with zero attached hydrogens (tertiary/aromatic N) is 1. The van der Waals surface area contributed by atoms with Crippen molar-refractivity contribution in [2.75, 3.05) is 18.5 Å². The number of carbonyl (C=O) groups excluding carboxylic acids is 1. The van der Waals surface area contributed by atoms with Crippen molar-refractivity contribution in [2.45, 2.75) is 19.6 Å². The van der Waals surface area contributed by atoms with Crippen molar-refractivity contribution in [1.29, 1.82) is 0 Å². The monoisotopic (exact) mass is 369 g/mol. The van der Waals surface area contributed by atoms with Crippen LogP contribution in [0.5, 0.6) is 11.6 Å². The fraction of sp³-hybridized carbons (Fsp3) is 0.294. The molecule has 9 heteroatoms. The lowest BCUT2D eigenvalue weighted by Gasteiger charge is -2.13. The van der Waals surface area contributed by atoms with E-state index in [-0.39, 0.29) is 12.4 Å². The normalized spacial score (nSPS) is 10.9. The van der Waals surface area contributed by atoms with Gasteiger partial charge >= 0.3 is 12.2 Å². The van der Waals surface area contributed by atoms with Gasteiger partial charge in [0.25, 0.3) is 0 Å². The largest absolute Gasteiger partial charge is 0.494 e. The molecule has 0 atom stereocenters. The van der Waals surface area contributed by atoms with Gasteiger partial charge in [-0.25, -0.2) is 9.78 Å². The van der Waals surface area contributed by atoms with Crippen LogP contribution < -0.4 is 20.1 Å². The summed E-state index contributed by atoms with van der Waals surface area (Å²) in [5, 5.41) is 5.15. The first-order valence-electron chi connectivity index (χ1n) is 7.78. The summed E-state index contributed by atoms with van der Waals surface area (Å²) in [7, 11) is 0. The van der Waals surface area contributed by atoms with Crippen molar-refractivity contribution in [2.24, 2.45) is 0 Å². The van der Waals surface area contributed by atoms with Crippen molar-refractivity contribution in [3.8, 4) is 11.6 Å². The molecule has 0 aliphatic rings. The quantitative estimate of drug-likeness (QED) is 0.780. The van der Waals surface area contributed by atoms with Crippen molar-refractivity contribution in [3.63, 3.8) is 0 Å². The van der Waals surface area contributed by atoms with E-state index in [2.05, 4.69) is 20.4 Å². The zero-order valence-corrected chi connectivity index (χ0v) is 14.0. The van der Waals surface area contributed by atoms with E-state index in [0.717, 1.165) is 0 Å². The van der Waals surface area contributed by atoms with Crippen molar-refractivity contribution in [1.82, 2.24) is 10.3 Å². The predicted molar refractivity (Wildman–Crippen MR) is 89.3 cm³/mol. The smallest absolute Gasteiger partial charge is 0.422 e. The van der Waals surface area contributed by atoms with Gasteiger partial charge in [0.1, 0.15) is 5.75 Å². The Labute approximate surface area is 148 Å². The standard InChI is InChI=1S/C17H18F3N3O3/c1-2-25-14-7-5-13(6-8-14)23-16(24)22-10-12-4-3-9-21-15(12)26-11-17(18,19)20/h3-9H,2,10-11H2,1H3,(H2,22,23,24). The Kier molecular flexibility index (Phi) is 6.65. The highest BCUT2D eigenvalue weighted by Gasteiger charge is 2.29. The number of urea groups is 1. The highest BCUT2D eigenvalue weighted by atomic mass is 19.4. The minimum Gasteiger partial charge on any atom is -0.494 e. The summed E-state index contributed by atoms with van der Waals surface area (Å²) < 4.78 is 46.8. The second-order valence-electron chi connectivity index (χ2n) is 5.14. The van der Waals surface area contributed by atoms with Gasteiger partial charge in [0.2, 0.25) is 5.88 Å². The molecule has 140 valence electrons. The number of hydrogen-bond acceptors (Lipinski definition) is 4. The summed E-state index contributed by atoms with van der Waals surface area (Å²) in [5.74, 6) is 0.506. The maximum atomic E-state index is 12.3. The summed E-state index contributed by atoms with van der Waals surface area (Å²) in [6, 6.07) is 9.32. The number of carbonyl (C=O) groups is 1. The van der Waals surface area contributed by atoms with Crippen LogP contribution in [0.1, 0.15) is 12.5 Å². The SMILES string of the molecule is CCOc1ccc(NC(=O)NCc2cccnc2OCC(F)(F)F)cc1. The summed E-state index contributed by atoms with van der Waals surface area (Å²) in [4.78, 5) is 15.7. The van der Waals surface area contributed by atoms with E-state index >= 15 is 0 Å². The van der Waals surface area contributed by atoms with Crippen molar-refractivity contribution < 1.29 is 27.4 Å². The van der Waals surface area contributed by atoms with E-state index in [0.29, 0.717) is 23.6 Å². The molecule has 0 fully saturated rings. The highest BCUT2D eigenvalue weighted by molar-refractivity contribution is 5.89. The molecule has 0 aliphatic heterocycles. The molecule has 26 heavy (non-hydrogen) atoms. The number of ether oxygens (including phenoxy) is 2. The summed E-state index contributed by atoms with van der Waals surface area (Å²) >= 11 is 0. The molecule has 2 aromatic rings. The van der Waals surface area contributed by atoms with Crippen LogP contribution in [0.4, 0.5) is 23.7 Å². The van der Waals surface area contributed by atoms with Crippen LogP contribution in [0.15, 0.2) is 42.6 Å². The van der Waals surface area contributed by atoms with Gasteiger partial charge in [-0.05, 0) is 37.3 Å². The van der Waals surface area contributed by atoms with Crippen LogP contribution in [0.2, 0.25) is 0 Å². The fourth-order valence-electron chi connectivity index (χ4n) is 1.99. The Balaban J connectivity index is 1.89. The zero-order valence-electron chi connectivity index (χ0n) is 14.0. The van der Waals surface area contributed by atoms with E-state index in [1.54, 1.807) is 30.3 Å². The van der Waals surface area contributed by atoms with E-state index in [4.69, 9.17) is 4.74 Å². The van der Waals surface area contributed by atoms with Crippen LogP contribution in [-0.2, 0) is 6.54 Å². The lowest BCUT2D eigenvalue weighted by atomic mass is 10.2. The maximum absolute atomic E-state index is 12.3. The molecule has 0 unspecified atom stereocenters. The Morgan fingerprint density at radius 2 is 1.88 bits per heavy atom. The molecule has 1 heterocycles. The molecule has 0 bridgehead atoms. The third-order valence-electron chi connectivity index (χ3n) is 3.09. The topological polar surface area (TPSA) is 72.5 Å². The Morgan fingerprint density at radius 3 is 2.54 bits per heavy atom. The first kappa shape index (κ1) is 19.4. The van der Waals surface area contributed by atoms with Gasteiger partial charge in [-0.1, -0.05) is 6.07 Å². The number of benzene rings is 1. The van der Waals surface area contributed by atoms with Crippen LogP contribution in [0, 0.1) is 0 Å². The number of hydrogen-bond donors (Lipinski definition) is 2. The first-order chi connectivity index (χ1) is 12.4. The first-order valence-corrected chi connectivity index (χ1v) is 7.78. The Hall–Kier alpha value is -2.97. The van der Waals surface area contributed by atoms with Crippen LogP contribution in [0.3, 0.4) is 0 Å². The van der Waals surface area contributed by atoms with Crippen LogP contribution in [-0.4, -0.2) is 30.4 Å². The van der Waals surface area contributed by atoms with Gasteiger partial charge in [0.15, 0.2) is 6.61 Å². The summed E-state index contributed by atoms with van der Waals surface area (Å²) in [5.41, 5.74) is 0.879. The van der Waals surface area contributed by atoms with Crippen molar-refractivity contribution in [3.05, 3.63) is 48.2 Å². The molecule has 2 amide bonds. The van der Waals surface area contributed by atoms with Crippen LogP contribution in [0.25, 0.3) is 0 Å². The second-order valence-corrected chi connectivity index (χ2v) is 5.14. The summed E-state index contributed by atoms with van der Waals surface area (Å²) in [6.07, 6.45) is -3.15. The molecule has 2 N–H and O–H groups in total. The maximum Gasteiger partial charge on any atom is 0.422 e. The van der Waals surface area contributed by atoms with Gasteiger partial charge in [-0.2, -0.15) is 13.2 Å². The minimum absolute atomic E-state index is 0.0378. The van der Waals surface area contributed by atoms with E-state index < -0.39 is 18.8 Å². The molecule has 1 aromatic carbocycles. The molecule has 0 saturated carbocycles. The van der Waals surface area contributed by atoms with Gasteiger partial charge in [0.05, 0.1) is 6.61 Å². The number of nitrogens with one attached hydrogen (secondary N) is 2. The van der Waals surface area contributed by atoms with Crippen molar-refractivity contribution >= 4 is 11.7 Å².